The molecule has 1 aliphatic carbocycles. The van der Waals surface area contributed by atoms with Crippen LogP contribution in [0.3, 0.4) is 0 Å². The van der Waals surface area contributed by atoms with E-state index in [0.717, 1.165) is 25.7 Å². The second-order valence-corrected chi connectivity index (χ2v) is 6.73. The summed E-state index contributed by atoms with van der Waals surface area (Å²) >= 11 is 0. The molecule has 4 rings (SSSR count). The first-order valence-corrected chi connectivity index (χ1v) is 8.98. The summed E-state index contributed by atoms with van der Waals surface area (Å²) in [6, 6.07) is 5.94. The summed E-state index contributed by atoms with van der Waals surface area (Å²) in [5.74, 6) is -0.647. The molecule has 9 heteroatoms. The van der Waals surface area contributed by atoms with E-state index in [1.54, 1.807) is 6.07 Å². The van der Waals surface area contributed by atoms with Crippen LogP contribution in [0.5, 0.6) is 0 Å². The highest BCUT2D eigenvalue weighted by atomic mass is 19.1. The fourth-order valence-electron chi connectivity index (χ4n) is 3.41. The first-order valence-electron chi connectivity index (χ1n) is 8.98. The van der Waals surface area contributed by atoms with E-state index in [2.05, 4.69) is 20.6 Å². The van der Waals surface area contributed by atoms with Crippen molar-refractivity contribution in [3.05, 3.63) is 46.8 Å². The predicted octanol–water partition coefficient (Wildman–Crippen LogP) is 1.57. The Bertz CT molecular complexity index is 1040. The maximum absolute atomic E-state index is 13.4. The lowest BCUT2D eigenvalue weighted by molar-refractivity contribution is -0.122. The van der Waals surface area contributed by atoms with Crippen LogP contribution in [0, 0.1) is 5.82 Å². The molecule has 0 atom stereocenters. The summed E-state index contributed by atoms with van der Waals surface area (Å²) in [5.41, 5.74) is 0.209. The highest BCUT2D eigenvalue weighted by molar-refractivity contribution is 5.77. The van der Waals surface area contributed by atoms with Crippen LogP contribution in [0.4, 0.5) is 4.39 Å². The molecule has 1 fully saturated rings. The molecule has 0 unspecified atom stereocenters. The zero-order chi connectivity index (χ0) is 18.8. The van der Waals surface area contributed by atoms with Crippen LogP contribution in [0.1, 0.15) is 32.1 Å². The van der Waals surface area contributed by atoms with Crippen molar-refractivity contribution in [3.63, 3.8) is 0 Å². The highest BCUT2D eigenvalue weighted by Crippen LogP contribution is 2.17. The molecule has 140 valence electrons. The second kappa shape index (κ2) is 7.26. The SMILES string of the molecule is O=C(Cn1cnc2c(nnn2-c2cccc(F)c2)c1=O)NC1CCCCC1. The number of rotatable bonds is 4. The van der Waals surface area contributed by atoms with Gasteiger partial charge in [-0.15, -0.1) is 5.10 Å². The van der Waals surface area contributed by atoms with Crippen molar-refractivity contribution in [3.8, 4) is 5.69 Å². The van der Waals surface area contributed by atoms with Crippen molar-refractivity contribution in [2.75, 3.05) is 0 Å². The number of benzene rings is 1. The standard InChI is InChI=1S/C18H19FN6O2/c19-12-5-4-8-14(9-12)25-17-16(22-23-25)18(27)24(11-20-17)10-15(26)21-13-6-2-1-3-7-13/h4-5,8-9,11,13H,1-3,6-7,10H2,(H,21,26). The zero-order valence-electron chi connectivity index (χ0n) is 14.6. The Kier molecular flexibility index (Phi) is 4.66. The van der Waals surface area contributed by atoms with E-state index >= 15 is 0 Å². The molecule has 0 aliphatic heterocycles. The number of hydrogen-bond donors (Lipinski definition) is 1. The number of amides is 1. The van der Waals surface area contributed by atoms with Gasteiger partial charge in [-0.05, 0) is 31.0 Å². The maximum Gasteiger partial charge on any atom is 0.284 e. The summed E-state index contributed by atoms with van der Waals surface area (Å²) in [5, 5.41) is 10.7. The van der Waals surface area contributed by atoms with Gasteiger partial charge in [-0.1, -0.05) is 30.5 Å². The summed E-state index contributed by atoms with van der Waals surface area (Å²) < 4.78 is 16.0. The average molecular weight is 370 g/mol. The first-order chi connectivity index (χ1) is 13.1. The van der Waals surface area contributed by atoms with Crippen LogP contribution < -0.4 is 10.9 Å². The lowest BCUT2D eigenvalue weighted by Gasteiger charge is -2.22. The van der Waals surface area contributed by atoms with Crippen molar-refractivity contribution >= 4 is 17.1 Å². The summed E-state index contributed by atoms with van der Waals surface area (Å²) in [4.78, 5) is 29.1. The van der Waals surface area contributed by atoms with E-state index in [1.165, 1.54) is 40.2 Å². The molecule has 2 heterocycles. The lowest BCUT2D eigenvalue weighted by Crippen LogP contribution is -2.39. The summed E-state index contributed by atoms with van der Waals surface area (Å²) in [7, 11) is 0. The van der Waals surface area contributed by atoms with Gasteiger partial charge < -0.3 is 5.32 Å². The molecular formula is C18H19FN6O2. The Labute approximate surface area is 154 Å². The molecule has 3 aromatic rings. The van der Waals surface area contributed by atoms with Crippen LogP contribution in [-0.2, 0) is 11.3 Å². The van der Waals surface area contributed by atoms with Gasteiger partial charge in [0.05, 0.1) is 5.69 Å². The molecule has 0 saturated heterocycles. The van der Waals surface area contributed by atoms with Gasteiger partial charge in [0, 0.05) is 6.04 Å². The van der Waals surface area contributed by atoms with Gasteiger partial charge in [-0.2, -0.15) is 4.68 Å². The van der Waals surface area contributed by atoms with E-state index in [1.807, 2.05) is 0 Å². The van der Waals surface area contributed by atoms with Crippen LogP contribution in [-0.4, -0.2) is 36.5 Å². The number of fused-ring (bicyclic) bond motifs is 1. The normalized spacial score (nSPS) is 15.1. The van der Waals surface area contributed by atoms with Crippen LogP contribution in [0.2, 0.25) is 0 Å². The molecule has 0 spiro atoms. The third kappa shape index (κ3) is 3.57. The Morgan fingerprint density at radius 2 is 2.07 bits per heavy atom. The predicted molar refractivity (Wildman–Crippen MR) is 95.9 cm³/mol. The minimum Gasteiger partial charge on any atom is -0.352 e. The smallest absolute Gasteiger partial charge is 0.284 e. The van der Waals surface area contributed by atoms with Gasteiger partial charge in [0.1, 0.15) is 18.7 Å². The molecule has 27 heavy (non-hydrogen) atoms. The molecule has 0 bridgehead atoms. The number of hydrogen-bond acceptors (Lipinski definition) is 5. The Morgan fingerprint density at radius 1 is 1.26 bits per heavy atom. The van der Waals surface area contributed by atoms with Gasteiger partial charge in [0.2, 0.25) is 5.91 Å². The Hall–Kier alpha value is -3.10. The minimum absolute atomic E-state index is 0.0345. The molecule has 2 aromatic heterocycles. The van der Waals surface area contributed by atoms with Crippen LogP contribution in [0.15, 0.2) is 35.4 Å². The molecule has 8 nitrogen and oxygen atoms in total. The number of carbonyl (C=O) groups is 1. The number of carbonyl (C=O) groups excluding carboxylic acids is 1. The first kappa shape index (κ1) is 17.3. The number of nitrogens with one attached hydrogen (secondary N) is 1. The minimum atomic E-state index is -0.457. The molecule has 1 aliphatic rings. The third-order valence-corrected chi connectivity index (χ3v) is 4.77. The van der Waals surface area contributed by atoms with E-state index in [-0.39, 0.29) is 29.7 Å². The zero-order valence-corrected chi connectivity index (χ0v) is 14.6. The molecule has 0 radical (unpaired) electrons. The average Bonchev–Trinajstić information content (AvgIpc) is 3.10. The summed E-state index contributed by atoms with van der Waals surface area (Å²) in [6.45, 7) is -0.120. The maximum atomic E-state index is 13.4. The molecule has 1 saturated carbocycles. The Balaban J connectivity index is 1.58. The van der Waals surface area contributed by atoms with Crippen molar-refractivity contribution in [1.29, 1.82) is 0 Å². The highest BCUT2D eigenvalue weighted by Gasteiger charge is 2.18. The Morgan fingerprint density at radius 3 is 2.85 bits per heavy atom. The van der Waals surface area contributed by atoms with Crippen LogP contribution in [0.25, 0.3) is 16.9 Å². The van der Waals surface area contributed by atoms with Crippen molar-refractivity contribution < 1.29 is 9.18 Å². The van der Waals surface area contributed by atoms with E-state index in [0.29, 0.717) is 5.69 Å². The van der Waals surface area contributed by atoms with Crippen LogP contribution >= 0.6 is 0 Å². The van der Waals surface area contributed by atoms with Crippen molar-refractivity contribution in [1.82, 2.24) is 29.9 Å². The second-order valence-electron chi connectivity index (χ2n) is 6.73. The van der Waals surface area contributed by atoms with Gasteiger partial charge in [-0.25, -0.2) is 9.37 Å². The summed E-state index contributed by atoms with van der Waals surface area (Å²) in [6.07, 6.45) is 6.67. The van der Waals surface area contributed by atoms with Crippen molar-refractivity contribution in [2.24, 2.45) is 0 Å². The number of nitrogens with zero attached hydrogens (tertiary/aromatic N) is 5. The molecule has 1 N–H and O–H groups in total. The monoisotopic (exact) mass is 370 g/mol. The van der Waals surface area contributed by atoms with Gasteiger partial charge in [0.15, 0.2) is 11.2 Å². The number of halogens is 1. The van der Waals surface area contributed by atoms with Gasteiger partial charge in [0.25, 0.3) is 5.56 Å². The quantitative estimate of drug-likeness (QED) is 0.752. The largest absolute Gasteiger partial charge is 0.352 e. The molecular weight excluding hydrogens is 351 g/mol. The number of aromatic nitrogens is 5. The van der Waals surface area contributed by atoms with Gasteiger partial charge >= 0.3 is 0 Å². The van der Waals surface area contributed by atoms with E-state index in [4.69, 9.17) is 0 Å². The van der Waals surface area contributed by atoms with E-state index < -0.39 is 11.4 Å². The van der Waals surface area contributed by atoms with Gasteiger partial charge in [-0.3, -0.25) is 14.2 Å². The fraction of sp³-hybridized carbons (Fsp3) is 0.389. The fourth-order valence-corrected chi connectivity index (χ4v) is 3.41. The lowest BCUT2D eigenvalue weighted by atomic mass is 9.95. The van der Waals surface area contributed by atoms with Crippen molar-refractivity contribution in [2.45, 2.75) is 44.7 Å². The van der Waals surface area contributed by atoms with E-state index in [9.17, 15) is 14.0 Å². The third-order valence-electron chi connectivity index (χ3n) is 4.77. The molecule has 1 amide bonds. The molecule has 1 aromatic carbocycles. The topological polar surface area (TPSA) is 94.7 Å².